The fraction of sp³-hybridized carbons (Fsp3) is 0.789. The van der Waals surface area contributed by atoms with Gasteiger partial charge >= 0.3 is 11.9 Å². The predicted molar refractivity (Wildman–Crippen MR) is 97.7 cm³/mol. The summed E-state index contributed by atoms with van der Waals surface area (Å²) in [7, 11) is 0. The zero-order valence-corrected chi connectivity index (χ0v) is 16.8. The maximum absolute atomic E-state index is 12.2. The highest BCUT2D eigenvalue weighted by atomic mass is 16.6. The standard InChI is InChI=1S/C19H28N2O6/c1-17(2,3)26-13(22)11-9-24-15(20-11)19(7-8-19)16-21-12(10-25-16)14(23)27-18(4,5)6/h11-12H,7-10H2,1-6H3. The zero-order valence-electron chi connectivity index (χ0n) is 16.8. The van der Waals surface area contributed by atoms with Crippen LogP contribution in [0.1, 0.15) is 54.4 Å². The Kier molecular flexibility index (Phi) is 4.72. The van der Waals surface area contributed by atoms with Gasteiger partial charge in [-0.1, -0.05) is 0 Å². The maximum Gasteiger partial charge on any atom is 0.335 e. The van der Waals surface area contributed by atoms with Gasteiger partial charge in [-0.05, 0) is 54.4 Å². The first-order valence-corrected chi connectivity index (χ1v) is 9.27. The van der Waals surface area contributed by atoms with Gasteiger partial charge < -0.3 is 18.9 Å². The van der Waals surface area contributed by atoms with Gasteiger partial charge in [-0.15, -0.1) is 0 Å². The average Bonchev–Trinajstić information content (AvgIpc) is 2.98. The minimum Gasteiger partial charge on any atom is -0.477 e. The van der Waals surface area contributed by atoms with E-state index in [0.29, 0.717) is 11.8 Å². The van der Waals surface area contributed by atoms with Crippen LogP contribution >= 0.6 is 0 Å². The molecule has 0 radical (unpaired) electrons. The molecule has 1 fully saturated rings. The largest absolute Gasteiger partial charge is 0.477 e. The Labute approximate surface area is 159 Å². The summed E-state index contributed by atoms with van der Waals surface area (Å²) in [5, 5.41) is 0. The fourth-order valence-corrected chi connectivity index (χ4v) is 2.90. The molecular weight excluding hydrogens is 352 g/mol. The molecule has 0 spiro atoms. The van der Waals surface area contributed by atoms with Crippen LogP contribution in [0, 0.1) is 5.41 Å². The number of carbonyl (C=O) groups excluding carboxylic acids is 2. The summed E-state index contributed by atoms with van der Waals surface area (Å²) >= 11 is 0. The molecule has 2 aliphatic heterocycles. The summed E-state index contributed by atoms with van der Waals surface area (Å²) in [6.45, 7) is 11.2. The first kappa shape index (κ1) is 19.6. The van der Waals surface area contributed by atoms with Crippen LogP contribution in [0.5, 0.6) is 0 Å². The molecule has 0 aromatic heterocycles. The Morgan fingerprint density at radius 1 is 0.852 bits per heavy atom. The van der Waals surface area contributed by atoms with Gasteiger partial charge in [0.2, 0.25) is 0 Å². The van der Waals surface area contributed by atoms with Gasteiger partial charge in [-0.2, -0.15) is 0 Å². The molecule has 3 rings (SSSR count). The van der Waals surface area contributed by atoms with Crippen LogP contribution in [0.3, 0.4) is 0 Å². The number of hydrogen-bond acceptors (Lipinski definition) is 8. The number of aliphatic imine (C=N–C) groups is 2. The van der Waals surface area contributed by atoms with E-state index in [1.165, 1.54) is 0 Å². The third kappa shape index (κ3) is 4.42. The minimum atomic E-state index is -0.680. The lowest BCUT2D eigenvalue weighted by molar-refractivity contribution is -0.157. The molecule has 0 N–H and O–H groups in total. The molecule has 0 bridgehead atoms. The number of carbonyl (C=O) groups is 2. The summed E-state index contributed by atoms with van der Waals surface area (Å²) < 4.78 is 22.1. The number of rotatable bonds is 4. The lowest BCUT2D eigenvalue weighted by Crippen LogP contribution is -2.31. The molecule has 0 saturated heterocycles. The molecule has 150 valence electrons. The van der Waals surface area contributed by atoms with Crippen molar-refractivity contribution in [2.75, 3.05) is 13.2 Å². The van der Waals surface area contributed by atoms with E-state index in [1.807, 2.05) is 41.5 Å². The Morgan fingerprint density at radius 2 is 1.22 bits per heavy atom. The summed E-state index contributed by atoms with van der Waals surface area (Å²) in [4.78, 5) is 33.3. The predicted octanol–water partition coefficient (Wildman–Crippen LogP) is 2.04. The Bertz CT molecular complexity index is 638. The second-order valence-corrected chi connectivity index (χ2v) is 9.17. The van der Waals surface area contributed by atoms with Crippen molar-refractivity contribution in [1.29, 1.82) is 0 Å². The van der Waals surface area contributed by atoms with E-state index >= 15 is 0 Å². The molecule has 0 amide bonds. The van der Waals surface area contributed by atoms with Crippen molar-refractivity contribution in [1.82, 2.24) is 0 Å². The Balaban J connectivity index is 1.69. The van der Waals surface area contributed by atoms with Crippen LogP contribution < -0.4 is 0 Å². The van der Waals surface area contributed by atoms with Gasteiger partial charge in [0.15, 0.2) is 23.9 Å². The number of nitrogens with zero attached hydrogens (tertiary/aromatic N) is 2. The third-order valence-electron chi connectivity index (χ3n) is 4.23. The van der Waals surface area contributed by atoms with Crippen molar-refractivity contribution < 1.29 is 28.5 Å². The molecule has 0 aromatic carbocycles. The van der Waals surface area contributed by atoms with E-state index in [-0.39, 0.29) is 13.2 Å². The van der Waals surface area contributed by atoms with Crippen LogP contribution in [0.25, 0.3) is 0 Å². The van der Waals surface area contributed by atoms with Crippen molar-refractivity contribution in [2.45, 2.75) is 77.7 Å². The van der Waals surface area contributed by atoms with Crippen LogP contribution in [0.4, 0.5) is 0 Å². The SMILES string of the molecule is CC(C)(C)OC(=O)C1COC(C2(C3=NC(C(=O)OC(C)(C)C)CO3)CC2)=N1. The fourth-order valence-electron chi connectivity index (χ4n) is 2.90. The highest BCUT2D eigenvalue weighted by molar-refractivity contribution is 6.10. The van der Waals surface area contributed by atoms with Gasteiger partial charge in [0, 0.05) is 0 Å². The van der Waals surface area contributed by atoms with Crippen molar-refractivity contribution in [3.05, 3.63) is 0 Å². The lowest BCUT2D eigenvalue weighted by atomic mass is 10.1. The molecule has 0 aromatic rings. The Hall–Kier alpha value is -2.12. The molecule has 8 heteroatoms. The van der Waals surface area contributed by atoms with Gasteiger partial charge in [0.25, 0.3) is 0 Å². The van der Waals surface area contributed by atoms with E-state index in [0.717, 1.165) is 12.8 Å². The smallest absolute Gasteiger partial charge is 0.335 e. The molecule has 1 aliphatic carbocycles. The van der Waals surface area contributed by atoms with Crippen LogP contribution in [0.15, 0.2) is 9.98 Å². The van der Waals surface area contributed by atoms with Crippen molar-refractivity contribution in [3.63, 3.8) is 0 Å². The molecular formula is C19H28N2O6. The Morgan fingerprint density at radius 3 is 1.52 bits per heavy atom. The second-order valence-electron chi connectivity index (χ2n) is 9.17. The third-order valence-corrected chi connectivity index (χ3v) is 4.23. The highest BCUT2D eigenvalue weighted by Gasteiger charge is 2.59. The highest BCUT2D eigenvalue weighted by Crippen LogP contribution is 2.51. The van der Waals surface area contributed by atoms with Crippen LogP contribution in [-0.2, 0) is 28.5 Å². The first-order valence-electron chi connectivity index (χ1n) is 9.27. The topological polar surface area (TPSA) is 95.8 Å². The summed E-state index contributed by atoms with van der Waals surface area (Å²) in [5.74, 6) is 0.0762. The first-order chi connectivity index (χ1) is 12.4. The number of esters is 2. The summed E-state index contributed by atoms with van der Waals surface area (Å²) in [5.41, 5.74) is -1.72. The summed E-state index contributed by atoms with van der Waals surface area (Å²) in [6.07, 6.45) is 1.51. The molecule has 27 heavy (non-hydrogen) atoms. The molecule has 8 nitrogen and oxygen atoms in total. The van der Waals surface area contributed by atoms with Crippen molar-refractivity contribution in [3.8, 4) is 0 Å². The van der Waals surface area contributed by atoms with Crippen LogP contribution in [-0.4, -0.2) is 60.2 Å². The molecule has 2 unspecified atom stereocenters. The molecule has 3 aliphatic rings. The van der Waals surface area contributed by atoms with Crippen molar-refractivity contribution >= 4 is 23.7 Å². The monoisotopic (exact) mass is 380 g/mol. The van der Waals surface area contributed by atoms with Crippen molar-refractivity contribution in [2.24, 2.45) is 15.4 Å². The maximum atomic E-state index is 12.2. The van der Waals surface area contributed by atoms with E-state index < -0.39 is 40.6 Å². The quantitative estimate of drug-likeness (QED) is 0.693. The number of hydrogen-bond donors (Lipinski definition) is 0. The normalized spacial score (nSPS) is 26.4. The zero-order chi connectivity index (χ0) is 20.0. The van der Waals surface area contributed by atoms with Gasteiger partial charge in [0.1, 0.15) is 29.8 Å². The van der Waals surface area contributed by atoms with E-state index in [4.69, 9.17) is 18.9 Å². The van der Waals surface area contributed by atoms with Gasteiger partial charge in [0.05, 0.1) is 0 Å². The van der Waals surface area contributed by atoms with Gasteiger partial charge in [-0.25, -0.2) is 19.6 Å². The minimum absolute atomic E-state index is 0.148. The second kappa shape index (κ2) is 6.49. The molecule has 2 heterocycles. The average molecular weight is 380 g/mol. The lowest BCUT2D eigenvalue weighted by Gasteiger charge is -2.20. The molecule has 2 atom stereocenters. The number of ether oxygens (including phenoxy) is 4. The van der Waals surface area contributed by atoms with Gasteiger partial charge in [-0.3, -0.25) is 0 Å². The van der Waals surface area contributed by atoms with E-state index in [1.54, 1.807) is 0 Å². The van der Waals surface area contributed by atoms with Crippen LogP contribution in [0.2, 0.25) is 0 Å². The summed E-state index contributed by atoms with van der Waals surface area (Å²) in [6, 6.07) is -1.36. The van der Waals surface area contributed by atoms with E-state index in [9.17, 15) is 9.59 Å². The molecule has 1 saturated carbocycles. The van der Waals surface area contributed by atoms with E-state index in [2.05, 4.69) is 9.98 Å².